The molecule has 1 aliphatic heterocycles. The lowest BCUT2D eigenvalue weighted by atomic mass is 10.2. The van der Waals surface area contributed by atoms with E-state index in [1.54, 1.807) is 0 Å². The summed E-state index contributed by atoms with van der Waals surface area (Å²) in [5.74, 6) is -2.22. The predicted octanol–water partition coefficient (Wildman–Crippen LogP) is 1.69. The van der Waals surface area contributed by atoms with Crippen LogP contribution in [0.4, 0.5) is 14.5 Å². The van der Waals surface area contributed by atoms with Crippen LogP contribution in [0.5, 0.6) is 11.5 Å². The van der Waals surface area contributed by atoms with Crippen LogP contribution in [-0.2, 0) is 26.0 Å². The lowest BCUT2D eigenvalue weighted by molar-refractivity contribution is -0.121. The number of alkyl halides is 2. The van der Waals surface area contributed by atoms with E-state index in [2.05, 4.69) is 4.74 Å². The van der Waals surface area contributed by atoms with Crippen molar-refractivity contribution in [3.8, 4) is 11.5 Å². The van der Waals surface area contributed by atoms with E-state index in [1.165, 1.54) is 48.4 Å². The number of fused-ring (bicyclic) bond motifs is 1. The number of sulfonamides is 1. The molecule has 2 aromatic rings. The molecule has 0 saturated heterocycles. The number of rotatable bonds is 7. The van der Waals surface area contributed by atoms with Crippen molar-refractivity contribution >= 4 is 27.6 Å². The van der Waals surface area contributed by atoms with Crippen LogP contribution in [0.2, 0.25) is 0 Å². The zero-order chi connectivity index (χ0) is 22.8. The van der Waals surface area contributed by atoms with E-state index in [1.807, 2.05) is 0 Å². The van der Waals surface area contributed by atoms with E-state index in [0.717, 1.165) is 0 Å². The Morgan fingerprint density at radius 1 is 1.23 bits per heavy atom. The highest BCUT2D eigenvalue weighted by Crippen LogP contribution is 2.33. The second-order valence-corrected chi connectivity index (χ2v) is 7.98. The number of para-hydroxylation sites is 1. The Kier molecular flexibility index (Phi) is 6.41. The van der Waals surface area contributed by atoms with Crippen molar-refractivity contribution in [2.24, 2.45) is 5.14 Å². The second-order valence-electron chi connectivity index (χ2n) is 6.42. The van der Waals surface area contributed by atoms with Gasteiger partial charge in [0.25, 0.3) is 5.91 Å². The van der Waals surface area contributed by atoms with Gasteiger partial charge >= 0.3 is 12.6 Å². The Morgan fingerprint density at radius 2 is 1.97 bits per heavy atom. The summed E-state index contributed by atoms with van der Waals surface area (Å²) in [7, 11) is -2.66. The zero-order valence-electron chi connectivity index (χ0n) is 16.2. The Balaban J connectivity index is 1.72. The number of halogens is 2. The average Bonchev–Trinajstić information content (AvgIpc) is 3.14. The molecule has 0 atom stereocenters. The number of carbonyl (C=O) groups is 2. The second kappa shape index (κ2) is 8.86. The molecule has 31 heavy (non-hydrogen) atoms. The SMILES string of the molecule is COc1cccc(C(=O)OCC(=O)N2CCc3cc(S(N)(=O)=O)ccc32)c1OC(F)F. The summed E-state index contributed by atoms with van der Waals surface area (Å²) in [4.78, 5) is 26.2. The van der Waals surface area contributed by atoms with Crippen LogP contribution in [0.1, 0.15) is 15.9 Å². The molecule has 9 nitrogen and oxygen atoms in total. The van der Waals surface area contributed by atoms with Gasteiger partial charge in [-0.2, -0.15) is 8.78 Å². The van der Waals surface area contributed by atoms with Gasteiger partial charge in [0, 0.05) is 12.2 Å². The van der Waals surface area contributed by atoms with Crippen molar-refractivity contribution in [2.75, 3.05) is 25.2 Å². The maximum absolute atomic E-state index is 12.7. The third-order valence-corrected chi connectivity index (χ3v) is 5.44. The molecule has 0 radical (unpaired) electrons. The monoisotopic (exact) mass is 456 g/mol. The number of esters is 1. The summed E-state index contributed by atoms with van der Waals surface area (Å²) in [6.07, 6.45) is 0.390. The molecule has 1 amide bonds. The number of anilines is 1. The molecular weight excluding hydrogens is 438 g/mol. The fourth-order valence-electron chi connectivity index (χ4n) is 3.15. The van der Waals surface area contributed by atoms with E-state index in [-0.39, 0.29) is 22.8 Å². The fraction of sp³-hybridized carbons (Fsp3) is 0.263. The van der Waals surface area contributed by atoms with Gasteiger partial charge in [-0.05, 0) is 42.3 Å². The highest BCUT2D eigenvalue weighted by molar-refractivity contribution is 7.89. The van der Waals surface area contributed by atoms with Crippen molar-refractivity contribution in [2.45, 2.75) is 17.9 Å². The van der Waals surface area contributed by atoms with E-state index >= 15 is 0 Å². The van der Waals surface area contributed by atoms with Gasteiger partial charge in [0.1, 0.15) is 5.56 Å². The van der Waals surface area contributed by atoms with Gasteiger partial charge in [0.05, 0.1) is 12.0 Å². The van der Waals surface area contributed by atoms with E-state index < -0.39 is 40.9 Å². The summed E-state index contributed by atoms with van der Waals surface area (Å²) in [5.41, 5.74) is 0.746. The van der Waals surface area contributed by atoms with Gasteiger partial charge in [-0.3, -0.25) is 4.79 Å². The minimum absolute atomic E-state index is 0.0726. The lowest BCUT2D eigenvalue weighted by Crippen LogP contribution is -2.33. The molecule has 2 aromatic carbocycles. The summed E-state index contributed by atoms with van der Waals surface area (Å²) >= 11 is 0. The standard InChI is InChI=1S/C19H18F2N2O7S/c1-28-15-4-2-3-13(17(15)30-19(20)21)18(25)29-10-16(24)23-8-7-11-9-12(31(22,26)27)5-6-14(11)23/h2-6,9,19H,7-8,10H2,1H3,(H2,22,26,27). The minimum Gasteiger partial charge on any atom is -0.493 e. The summed E-state index contributed by atoms with van der Waals surface area (Å²) in [6, 6.07) is 8.02. The molecule has 0 unspecified atom stereocenters. The van der Waals surface area contributed by atoms with Crippen LogP contribution in [0, 0.1) is 0 Å². The number of primary sulfonamides is 1. The molecule has 2 N–H and O–H groups in total. The van der Waals surface area contributed by atoms with Crippen molar-refractivity contribution in [1.82, 2.24) is 0 Å². The maximum Gasteiger partial charge on any atom is 0.387 e. The summed E-state index contributed by atoms with van der Waals surface area (Å²) in [6.45, 7) is -3.62. The lowest BCUT2D eigenvalue weighted by Gasteiger charge is -2.18. The molecule has 1 aliphatic rings. The zero-order valence-corrected chi connectivity index (χ0v) is 17.0. The first-order valence-corrected chi connectivity index (χ1v) is 10.4. The van der Waals surface area contributed by atoms with Crippen LogP contribution < -0.4 is 19.5 Å². The molecule has 0 bridgehead atoms. The van der Waals surface area contributed by atoms with Crippen LogP contribution in [0.15, 0.2) is 41.3 Å². The first-order valence-electron chi connectivity index (χ1n) is 8.87. The highest BCUT2D eigenvalue weighted by atomic mass is 32.2. The number of nitrogens with zero attached hydrogens (tertiary/aromatic N) is 1. The molecule has 0 aliphatic carbocycles. The summed E-state index contributed by atoms with van der Waals surface area (Å²) in [5, 5.41) is 5.11. The molecule has 12 heteroatoms. The van der Waals surface area contributed by atoms with Gasteiger partial charge in [-0.25, -0.2) is 18.4 Å². The first-order chi connectivity index (χ1) is 14.6. The number of benzene rings is 2. The fourth-order valence-corrected chi connectivity index (χ4v) is 3.71. The van der Waals surface area contributed by atoms with Crippen LogP contribution >= 0.6 is 0 Å². The molecule has 166 valence electrons. The molecule has 0 aromatic heterocycles. The summed E-state index contributed by atoms with van der Waals surface area (Å²) < 4.78 is 62.6. The van der Waals surface area contributed by atoms with Crippen molar-refractivity contribution in [3.05, 3.63) is 47.5 Å². The molecule has 0 saturated carbocycles. The Hall–Kier alpha value is -3.25. The first kappa shape index (κ1) is 22.4. The van der Waals surface area contributed by atoms with Crippen molar-refractivity contribution in [3.63, 3.8) is 0 Å². The number of nitrogens with two attached hydrogens (primary N) is 1. The quantitative estimate of drug-likeness (QED) is 0.629. The van der Waals surface area contributed by atoms with Gasteiger partial charge < -0.3 is 19.1 Å². The third kappa shape index (κ3) is 4.91. The van der Waals surface area contributed by atoms with Crippen molar-refractivity contribution in [1.29, 1.82) is 0 Å². The predicted molar refractivity (Wildman–Crippen MR) is 104 cm³/mol. The molecule has 3 rings (SSSR count). The Bertz CT molecular complexity index is 1120. The number of hydrogen-bond donors (Lipinski definition) is 1. The van der Waals surface area contributed by atoms with E-state index in [9.17, 15) is 26.8 Å². The number of methoxy groups -OCH3 is 1. The maximum atomic E-state index is 12.7. The molecule has 0 fully saturated rings. The number of hydrogen-bond acceptors (Lipinski definition) is 7. The van der Waals surface area contributed by atoms with Gasteiger partial charge in [0.2, 0.25) is 10.0 Å². The van der Waals surface area contributed by atoms with Crippen molar-refractivity contribution < 1.29 is 41.0 Å². The third-order valence-electron chi connectivity index (χ3n) is 4.53. The largest absolute Gasteiger partial charge is 0.493 e. The topological polar surface area (TPSA) is 125 Å². The highest BCUT2D eigenvalue weighted by Gasteiger charge is 2.28. The average molecular weight is 456 g/mol. The Labute approximate surface area is 176 Å². The number of carbonyl (C=O) groups excluding carboxylic acids is 2. The Morgan fingerprint density at radius 3 is 2.61 bits per heavy atom. The van der Waals surface area contributed by atoms with Crippen LogP contribution in [-0.4, -0.2) is 47.2 Å². The molecular formula is C19H18F2N2O7S. The molecule has 0 spiro atoms. The number of ether oxygens (including phenoxy) is 3. The normalized spacial score (nSPS) is 13.1. The molecule has 1 heterocycles. The van der Waals surface area contributed by atoms with Gasteiger partial charge in [-0.1, -0.05) is 6.07 Å². The number of amides is 1. The minimum atomic E-state index is -3.88. The van der Waals surface area contributed by atoms with E-state index in [4.69, 9.17) is 14.6 Å². The van der Waals surface area contributed by atoms with Crippen LogP contribution in [0.3, 0.4) is 0 Å². The van der Waals surface area contributed by atoms with Crippen LogP contribution in [0.25, 0.3) is 0 Å². The van der Waals surface area contributed by atoms with Gasteiger partial charge in [-0.15, -0.1) is 0 Å². The smallest absolute Gasteiger partial charge is 0.387 e. The van der Waals surface area contributed by atoms with E-state index in [0.29, 0.717) is 17.7 Å². The van der Waals surface area contributed by atoms with Gasteiger partial charge in [0.15, 0.2) is 18.1 Å².